The molecule has 0 atom stereocenters. The van der Waals surface area contributed by atoms with Gasteiger partial charge in [-0.3, -0.25) is 0 Å². The summed E-state index contributed by atoms with van der Waals surface area (Å²) in [5.41, 5.74) is 34.9. The third-order valence-corrected chi connectivity index (χ3v) is 25.6. The van der Waals surface area contributed by atoms with Gasteiger partial charge in [0.1, 0.15) is 0 Å². The van der Waals surface area contributed by atoms with E-state index in [2.05, 4.69) is 235 Å². The van der Waals surface area contributed by atoms with E-state index in [-0.39, 0.29) is 50.0 Å². The fourth-order valence-corrected chi connectivity index (χ4v) is 19.1. The molecule has 0 saturated heterocycles. The molecule has 468 valence electrons. The van der Waals surface area contributed by atoms with Gasteiger partial charge in [0, 0.05) is 45.5 Å². The van der Waals surface area contributed by atoms with E-state index in [4.69, 9.17) is 0 Å². The summed E-state index contributed by atoms with van der Waals surface area (Å²) in [6, 6.07) is 47.4. The predicted octanol–water partition coefficient (Wildman–Crippen LogP) is 22.0. The van der Waals surface area contributed by atoms with E-state index in [0.717, 1.165) is 19.3 Å². The highest BCUT2D eigenvalue weighted by atomic mass is 15.2. The Morgan fingerprint density at radius 2 is 0.622 bits per heavy atom. The Balaban J connectivity index is 1.10. The van der Waals surface area contributed by atoms with Crippen LogP contribution in [0, 0.1) is 0 Å². The Hall–Kier alpha value is -6.00. The Kier molecular flexibility index (Phi) is 13.9. The van der Waals surface area contributed by atoms with Crippen LogP contribution in [0.2, 0.25) is 0 Å². The molecule has 0 amide bonds. The van der Waals surface area contributed by atoms with Gasteiger partial charge < -0.3 is 14.7 Å². The Bertz CT molecular complexity index is 4000. The second-order valence-corrected chi connectivity index (χ2v) is 35.5. The first kappa shape index (κ1) is 60.3. The predicted molar refractivity (Wildman–Crippen MR) is 388 cm³/mol. The molecule has 3 nitrogen and oxygen atoms in total. The number of hydrogen-bond donors (Lipinski definition) is 0. The van der Waals surface area contributed by atoms with Crippen LogP contribution in [0.3, 0.4) is 0 Å². The second kappa shape index (κ2) is 20.8. The third kappa shape index (κ3) is 9.66. The van der Waals surface area contributed by atoms with Crippen molar-refractivity contribution in [2.75, 3.05) is 14.7 Å². The molecule has 0 fully saturated rings. The smallest absolute Gasteiger partial charge is 0.252 e. The largest absolute Gasteiger partial charge is 0.311 e. The van der Waals surface area contributed by atoms with Crippen molar-refractivity contribution in [2.24, 2.45) is 0 Å². The van der Waals surface area contributed by atoms with Crippen molar-refractivity contribution in [3.63, 3.8) is 0 Å². The van der Waals surface area contributed by atoms with Crippen LogP contribution in [-0.2, 0) is 69.0 Å². The summed E-state index contributed by atoms with van der Waals surface area (Å²) in [7, 11) is 0. The van der Waals surface area contributed by atoms with Crippen LogP contribution < -0.4 is 31.1 Å². The molecule has 0 unspecified atom stereocenters. The fourth-order valence-electron chi connectivity index (χ4n) is 19.1. The molecular weight excluding hydrogens is 1090 g/mol. The molecule has 0 saturated carbocycles. The van der Waals surface area contributed by atoms with Crippen molar-refractivity contribution >= 4 is 74.3 Å². The van der Waals surface area contributed by atoms with Crippen LogP contribution in [0.5, 0.6) is 0 Å². The van der Waals surface area contributed by atoms with Crippen molar-refractivity contribution in [3.8, 4) is 0 Å². The van der Waals surface area contributed by atoms with Gasteiger partial charge in [0.15, 0.2) is 0 Å². The van der Waals surface area contributed by atoms with Crippen molar-refractivity contribution < 1.29 is 0 Å². The van der Waals surface area contributed by atoms with Gasteiger partial charge in [0.25, 0.3) is 6.71 Å². The molecule has 15 rings (SSSR count). The number of aryl methyl sites for hydroxylation is 4. The topological polar surface area (TPSA) is 9.72 Å². The van der Waals surface area contributed by atoms with E-state index in [1.165, 1.54) is 216 Å². The number of benzene rings is 7. The molecule has 0 spiro atoms. The van der Waals surface area contributed by atoms with Gasteiger partial charge in [-0.15, -0.1) is 0 Å². The van der Waals surface area contributed by atoms with E-state index in [0.29, 0.717) is 0 Å². The van der Waals surface area contributed by atoms with Gasteiger partial charge in [-0.2, -0.15) is 0 Å². The van der Waals surface area contributed by atoms with Crippen molar-refractivity contribution in [1.29, 1.82) is 0 Å². The Morgan fingerprint density at radius 3 is 1.10 bits per heavy atom. The summed E-state index contributed by atoms with van der Waals surface area (Å²) < 4.78 is 0. The highest BCUT2D eigenvalue weighted by Gasteiger charge is 2.49. The molecule has 0 radical (unpaired) electrons. The molecule has 8 aliphatic rings. The monoisotopic (exact) mass is 1190 g/mol. The van der Waals surface area contributed by atoms with Gasteiger partial charge in [-0.1, -0.05) is 173 Å². The standard InChI is InChI=1S/C86H106BN3/c1-79(2)37-40-82(7,8)67-48-60(31-34-64(67)79)88(61-32-35-65-68(49-61)83(9,10)41-38-80(65,3)4)63-51-76-78-77(52-63)90(62-33-36-66-69(50-62)84(11,12)42-39-81(66,5)6)75-54-71-70(85(13,14)43-44-86(71,15)16)53-73(75)87(78)72-46-57-27-23-19-20-24-28-58(57)47-74(72)89(76)59-30-29-55-25-21-17-18-22-26-56(55)45-59/h29-36,45-54H,17-28,37-44H2,1-16H3. The van der Waals surface area contributed by atoms with Crippen molar-refractivity contribution in [2.45, 2.75) is 283 Å². The van der Waals surface area contributed by atoms with Gasteiger partial charge in [0.05, 0.1) is 5.69 Å². The molecule has 0 N–H and O–H groups in total. The lowest BCUT2D eigenvalue weighted by atomic mass is 9.33. The maximum absolute atomic E-state index is 2.83. The zero-order chi connectivity index (χ0) is 63.0. The maximum Gasteiger partial charge on any atom is 0.252 e. The maximum atomic E-state index is 2.83. The summed E-state index contributed by atoms with van der Waals surface area (Å²) in [5, 5.41) is 0. The first-order valence-electron chi connectivity index (χ1n) is 36.0. The van der Waals surface area contributed by atoms with E-state index in [1.54, 1.807) is 27.8 Å². The zero-order valence-corrected chi connectivity index (χ0v) is 58.5. The molecule has 2 aliphatic heterocycles. The van der Waals surface area contributed by atoms with Crippen LogP contribution in [0.4, 0.5) is 51.2 Å². The van der Waals surface area contributed by atoms with E-state index >= 15 is 0 Å². The lowest BCUT2D eigenvalue weighted by Crippen LogP contribution is -2.62. The molecule has 90 heavy (non-hydrogen) atoms. The van der Waals surface area contributed by atoms with Crippen LogP contribution in [0.15, 0.2) is 109 Å². The quantitative estimate of drug-likeness (QED) is 0.159. The molecule has 7 aromatic carbocycles. The number of rotatable bonds is 5. The molecule has 2 heterocycles. The molecule has 4 heteroatoms. The van der Waals surface area contributed by atoms with Crippen LogP contribution in [-0.4, -0.2) is 6.71 Å². The lowest BCUT2D eigenvalue weighted by molar-refractivity contribution is 0.332. The first-order chi connectivity index (χ1) is 42.5. The molecule has 6 aliphatic carbocycles. The number of hydrogen-bond acceptors (Lipinski definition) is 3. The summed E-state index contributed by atoms with van der Waals surface area (Å²) in [6.07, 6.45) is 24.4. The molecule has 0 bridgehead atoms. The first-order valence-corrected chi connectivity index (χ1v) is 36.0. The van der Waals surface area contributed by atoms with Crippen molar-refractivity contribution in [3.05, 3.63) is 176 Å². The van der Waals surface area contributed by atoms with E-state index in [1.807, 2.05) is 0 Å². The summed E-state index contributed by atoms with van der Waals surface area (Å²) in [6.45, 7) is 40.3. The minimum atomic E-state index is 0.0164. The number of anilines is 9. The van der Waals surface area contributed by atoms with Gasteiger partial charge in [-0.05, 0) is 302 Å². The summed E-state index contributed by atoms with van der Waals surface area (Å²) in [4.78, 5) is 8.40. The van der Waals surface area contributed by atoms with Gasteiger partial charge >= 0.3 is 0 Å². The third-order valence-electron chi connectivity index (χ3n) is 25.6. The average molecular weight is 1190 g/mol. The number of nitrogens with zero attached hydrogens (tertiary/aromatic N) is 3. The summed E-state index contributed by atoms with van der Waals surface area (Å²) in [5.74, 6) is 0. The van der Waals surface area contributed by atoms with E-state index < -0.39 is 0 Å². The van der Waals surface area contributed by atoms with E-state index in [9.17, 15) is 0 Å². The Labute approximate surface area is 544 Å². The SMILES string of the molecule is CC1(C)CCC(C)(C)c2cc(N(c3cc4c5c(c3)N(c3ccc6c(c3)C(C)(C)CCC6(C)C)c3cc6c(cc3B5c3cc5c(cc3N4c3ccc4c(c3)CCCCCC4)CCCCCC5)C(C)(C)CCC6(C)C)c3ccc4c(c3)C(C)(C)CCC4(C)C)ccc21. The van der Waals surface area contributed by atoms with Crippen molar-refractivity contribution in [1.82, 2.24) is 0 Å². The highest BCUT2D eigenvalue weighted by Crippen LogP contribution is 2.57. The van der Waals surface area contributed by atoms with Gasteiger partial charge in [-0.25, -0.2) is 0 Å². The Morgan fingerprint density at radius 1 is 0.278 bits per heavy atom. The lowest BCUT2D eigenvalue weighted by Gasteiger charge is -2.48. The summed E-state index contributed by atoms with van der Waals surface area (Å²) >= 11 is 0. The average Bonchev–Trinajstić information content (AvgIpc) is 0.693. The molecule has 7 aromatic rings. The molecule has 0 aromatic heterocycles. The van der Waals surface area contributed by atoms with Crippen LogP contribution in [0.25, 0.3) is 0 Å². The molecular formula is C86H106BN3. The number of fused-ring (bicyclic) bond motifs is 10. The zero-order valence-electron chi connectivity index (χ0n) is 58.5. The normalized spacial score (nSPS) is 22.2. The minimum Gasteiger partial charge on any atom is -0.311 e. The highest BCUT2D eigenvalue weighted by molar-refractivity contribution is 7.00. The van der Waals surface area contributed by atoms with Gasteiger partial charge in [0.2, 0.25) is 0 Å². The van der Waals surface area contributed by atoms with Crippen LogP contribution in [0.1, 0.15) is 280 Å². The minimum absolute atomic E-state index is 0.0164. The van der Waals surface area contributed by atoms with Crippen LogP contribution >= 0.6 is 0 Å². The fraction of sp³-hybridized carbons (Fsp3) is 0.512. The second-order valence-electron chi connectivity index (χ2n) is 35.5.